The van der Waals surface area contributed by atoms with E-state index in [4.69, 9.17) is 11.6 Å². The number of halogens is 2. The Bertz CT molecular complexity index is 743. The molecule has 0 spiro atoms. The number of amides is 2. The van der Waals surface area contributed by atoms with Crippen molar-refractivity contribution in [1.82, 2.24) is 0 Å². The first kappa shape index (κ1) is 18.5. The first-order chi connectivity index (χ1) is 11.5. The molecule has 0 unspecified atom stereocenters. The zero-order valence-corrected chi connectivity index (χ0v) is 15.2. The van der Waals surface area contributed by atoms with Crippen LogP contribution in [0.3, 0.4) is 0 Å². The number of benzene rings is 2. The van der Waals surface area contributed by atoms with Gasteiger partial charge in [0, 0.05) is 28.0 Å². The van der Waals surface area contributed by atoms with Crippen LogP contribution in [0.25, 0.3) is 0 Å². The molecule has 0 bridgehead atoms. The van der Waals surface area contributed by atoms with Crippen LogP contribution >= 0.6 is 27.5 Å². The summed E-state index contributed by atoms with van der Waals surface area (Å²) in [6.45, 7) is 1.97. The number of hydrogen-bond acceptors (Lipinski definition) is 4. The van der Waals surface area contributed by atoms with Gasteiger partial charge < -0.3 is 15.7 Å². The molecule has 0 saturated carbocycles. The van der Waals surface area contributed by atoms with Gasteiger partial charge in [0.2, 0.25) is 0 Å². The number of hydrogen-bond donors (Lipinski definition) is 4. The standard InChI is InChI=1S/C16H17BrClN3O3/c1-2-21(24)15-7-6-10(8-13(15)18)19-16(23)20-14-5-3-4-12(17)11(14)9-22/h3-8,22,24H,2,9H2,1H3,(H2,19,20,23). The molecule has 2 rings (SSSR count). The second-order valence-electron chi connectivity index (χ2n) is 4.89. The lowest BCUT2D eigenvalue weighted by Crippen LogP contribution is -2.21. The first-order valence-corrected chi connectivity index (χ1v) is 8.35. The minimum absolute atomic E-state index is 0.207. The van der Waals surface area contributed by atoms with Gasteiger partial charge in [-0.3, -0.25) is 10.3 Å². The van der Waals surface area contributed by atoms with Gasteiger partial charge >= 0.3 is 6.03 Å². The van der Waals surface area contributed by atoms with E-state index in [0.29, 0.717) is 38.7 Å². The van der Waals surface area contributed by atoms with Crippen molar-refractivity contribution in [2.24, 2.45) is 0 Å². The number of nitrogens with zero attached hydrogens (tertiary/aromatic N) is 1. The topological polar surface area (TPSA) is 84.8 Å². The molecule has 24 heavy (non-hydrogen) atoms. The maximum atomic E-state index is 12.1. The van der Waals surface area contributed by atoms with Crippen molar-refractivity contribution in [3.63, 3.8) is 0 Å². The molecule has 6 nitrogen and oxygen atoms in total. The van der Waals surface area contributed by atoms with Crippen LogP contribution in [0.4, 0.5) is 21.9 Å². The van der Waals surface area contributed by atoms with E-state index in [1.165, 1.54) is 0 Å². The highest BCUT2D eigenvalue weighted by Crippen LogP contribution is 2.28. The van der Waals surface area contributed by atoms with Gasteiger partial charge in [-0.1, -0.05) is 33.6 Å². The minimum Gasteiger partial charge on any atom is -0.392 e. The van der Waals surface area contributed by atoms with Crippen molar-refractivity contribution >= 4 is 50.6 Å². The summed E-state index contributed by atoms with van der Waals surface area (Å²) in [6.07, 6.45) is 0. The Hall–Kier alpha value is -1.80. The van der Waals surface area contributed by atoms with Crippen molar-refractivity contribution in [3.8, 4) is 0 Å². The molecule has 2 aromatic carbocycles. The van der Waals surface area contributed by atoms with Crippen molar-refractivity contribution in [3.05, 3.63) is 51.5 Å². The molecule has 0 atom stereocenters. The molecule has 0 saturated heterocycles. The van der Waals surface area contributed by atoms with Crippen LogP contribution in [0.5, 0.6) is 0 Å². The molecule has 0 aliphatic rings. The van der Waals surface area contributed by atoms with Crippen LogP contribution < -0.4 is 15.7 Å². The number of rotatable bonds is 5. The Morgan fingerprint density at radius 1 is 1.29 bits per heavy atom. The third-order valence-corrected chi connectivity index (χ3v) is 4.35. The van der Waals surface area contributed by atoms with Gasteiger partial charge in [-0.05, 0) is 37.3 Å². The zero-order valence-electron chi connectivity index (χ0n) is 12.9. The second kappa shape index (κ2) is 8.34. The number of aliphatic hydroxyl groups is 1. The van der Waals surface area contributed by atoms with E-state index < -0.39 is 6.03 Å². The first-order valence-electron chi connectivity index (χ1n) is 7.18. The molecule has 0 fully saturated rings. The monoisotopic (exact) mass is 413 g/mol. The second-order valence-corrected chi connectivity index (χ2v) is 6.15. The summed E-state index contributed by atoms with van der Waals surface area (Å²) in [7, 11) is 0. The summed E-state index contributed by atoms with van der Waals surface area (Å²) < 4.78 is 0.706. The third kappa shape index (κ3) is 4.39. The van der Waals surface area contributed by atoms with Crippen LogP contribution in [-0.2, 0) is 6.61 Å². The van der Waals surface area contributed by atoms with E-state index in [1.54, 1.807) is 43.3 Å². The average Bonchev–Trinajstić information content (AvgIpc) is 2.54. The van der Waals surface area contributed by atoms with E-state index in [2.05, 4.69) is 26.6 Å². The summed E-state index contributed by atoms with van der Waals surface area (Å²) >= 11 is 9.43. The minimum atomic E-state index is -0.469. The van der Waals surface area contributed by atoms with E-state index in [9.17, 15) is 15.1 Å². The summed E-state index contributed by atoms with van der Waals surface area (Å²) in [5.74, 6) is 0. The van der Waals surface area contributed by atoms with Crippen molar-refractivity contribution in [2.75, 3.05) is 22.2 Å². The van der Waals surface area contributed by atoms with Gasteiger partial charge in [-0.25, -0.2) is 4.79 Å². The third-order valence-electron chi connectivity index (χ3n) is 3.31. The predicted molar refractivity (Wildman–Crippen MR) is 99.0 cm³/mol. The van der Waals surface area contributed by atoms with Gasteiger partial charge in [-0.15, -0.1) is 0 Å². The van der Waals surface area contributed by atoms with E-state index >= 15 is 0 Å². The average molecular weight is 415 g/mol. The molecule has 2 aromatic rings. The predicted octanol–water partition coefficient (Wildman–Crippen LogP) is 4.45. The molecule has 0 radical (unpaired) electrons. The van der Waals surface area contributed by atoms with Gasteiger partial charge in [-0.2, -0.15) is 0 Å². The molecule has 128 valence electrons. The summed E-state index contributed by atoms with van der Waals surface area (Å²) in [5.41, 5.74) is 2.02. The lowest BCUT2D eigenvalue weighted by atomic mass is 10.2. The number of nitrogens with one attached hydrogen (secondary N) is 2. The SMILES string of the molecule is CCN(O)c1ccc(NC(=O)Nc2cccc(Br)c2CO)cc1Cl. The molecule has 0 aromatic heterocycles. The highest BCUT2D eigenvalue weighted by molar-refractivity contribution is 9.10. The number of anilines is 3. The summed E-state index contributed by atoms with van der Waals surface area (Å²) in [4.78, 5) is 12.1. The smallest absolute Gasteiger partial charge is 0.323 e. The molecule has 0 aliphatic carbocycles. The van der Waals surface area contributed by atoms with Crippen LogP contribution in [0.2, 0.25) is 5.02 Å². The zero-order chi connectivity index (χ0) is 17.7. The Morgan fingerprint density at radius 2 is 2.04 bits per heavy atom. The number of hydroxylamine groups is 1. The lowest BCUT2D eigenvalue weighted by molar-refractivity contribution is 0.260. The molecule has 4 N–H and O–H groups in total. The van der Waals surface area contributed by atoms with Crippen molar-refractivity contribution < 1.29 is 15.1 Å². The number of urea groups is 1. The lowest BCUT2D eigenvalue weighted by Gasteiger charge is -2.17. The Kier molecular flexibility index (Phi) is 6.44. The van der Waals surface area contributed by atoms with Crippen molar-refractivity contribution in [2.45, 2.75) is 13.5 Å². The molecule has 2 amide bonds. The fourth-order valence-corrected chi connectivity index (χ4v) is 2.86. The van der Waals surface area contributed by atoms with Crippen LogP contribution in [0, 0.1) is 0 Å². The van der Waals surface area contributed by atoms with Gasteiger partial charge in [0.05, 0.1) is 17.3 Å². The number of aliphatic hydroxyl groups excluding tert-OH is 1. The molecule has 0 heterocycles. The summed E-state index contributed by atoms with van der Waals surface area (Å²) in [6, 6.07) is 9.54. The maximum Gasteiger partial charge on any atom is 0.323 e. The molecular formula is C16H17BrClN3O3. The van der Waals surface area contributed by atoms with Crippen LogP contribution in [0.15, 0.2) is 40.9 Å². The Balaban J connectivity index is 2.11. The van der Waals surface area contributed by atoms with Gasteiger partial charge in [0.25, 0.3) is 0 Å². The van der Waals surface area contributed by atoms with E-state index in [-0.39, 0.29) is 6.61 Å². The highest BCUT2D eigenvalue weighted by Gasteiger charge is 2.11. The summed E-state index contributed by atoms with van der Waals surface area (Å²) in [5, 5.41) is 25.7. The molecule has 0 aliphatic heterocycles. The van der Waals surface area contributed by atoms with Gasteiger partial charge in [0.1, 0.15) is 0 Å². The normalized spacial score (nSPS) is 10.4. The van der Waals surface area contributed by atoms with E-state index in [0.717, 1.165) is 5.06 Å². The van der Waals surface area contributed by atoms with Crippen LogP contribution in [0.1, 0.15) is 12.5 Å². The van der Waals surface area contributed by atoms with Gasteiger partial charge in [0.15, 0.2) is 0 Å². The Morgan fingerprint density at radius 3 is 2.67 bits per heavy atom. The fraction of sp³-hybridized carbons (Fsp3) is 0.188. The van der Waals surface area contributed by atoms with Crippen molar-refractivity contribution in [1.29, 1.82) is 0 Å². The fourth-order valence-electron chi connectivity index (χ4n) is 2.09. The molecule has 8 heteroatoms. The number of carbonyl (C=O) groups excluding carboxylic acids is 1. The maximum absolute atomic E-state index is 12.1. The highest BCUT2D eigenvalue weighted by atomic mass is 79.9. The number of carbonyl (C=O) groups is 1. The Labute approximate surface area is 153 Å². The molecular weight excluding hydrogens is 398 g/mol. The largest absolute Gasteiger partial charge is 0.392 e. The quantitative estimate of drug-likeness (QED) is 0.544. The van der Waals surface area contributed by atoms with Crippen LogP contribution in [-0.4, -0.2) is 22.9 Å². The van der Waals surface area contributed by atoms with E-state index in [1.807, 2.05) is 0 Å².